The van der Waals surface area contributed by atoms with E-state index in [2.05, 4.69) is 15.5 Å². The molecule has 0 aliphatic rings. The molecule has 1 aromatic heterocycles. The molecule has 0 radical (unpaired) electrons. The second-order valence-electron chi connectivity index (χ2n) is 7.21. The minimum Gasteiger partial charge on any atom is -0.497 e. The molecule has 0 aliphatic heterocycles. The topological polar surface area (TPSA) is 104 Å². The van der Waals surface area contributed by atoms with Crippen LogP contribution < -0.4 is 14.4 Å². The number of amides is 1. The van der Waals surface area contributed by atoms with Crippen LogP contribution >= 0.6 is 11.6 Å². The Bertz CT molecular complexity index is 1290. The normalized spacial score (nSPS) is 11.9. The summed E-state index contributed by atoms with van der Waals surface area (Å²) in [5.74, 6) is -0.407. The number of hydrogen-bond donors (Lipinski definition) is 2. The fraction of sp³-hybridized carbons (Fsp3) is 0.238. The number of methoxy groups -OCH3 is 1. The standard InChI is InChI=1S/C21H20ClF3N4O4S/c1-12-20(13(2)28-27-12)34(31,32)29(15-5-7-16(33-3)8-6-15)11-19(30)26-14-4-9-18(22)17(10-14)21(23,24)25/h4-10H,11H2,1-3H3,(H,26,30)(H,27,28). The average molecular weight is 517 g/mol. The number of halogens is 4. The summed E-state index contributed by atoms with van der Waals surface area (Å²) in [4.78, 5) is 12.7. The van der Waals surface area contributed by atoms with Gasteiger partial charge in [0.2, 0.25) is 5.91 Å². The third-order valence-corrected chi connectivity index (χ3v) is 7.18. The lowest BCUT2D eigenvalue weighted by Gasteiger charge is -2.24. The zero-order chi connectivity index (χ0) is 25.3. The van der Waals surface area contributed by atoms with Gasteiger partial charge in [-0.1, -0.05) is 11.6 Å². The highest BCUT2D eigenvalue weighted by Gasteiger charge is 2.34. The molecule has 0 bridgehead atoms. The Morgan fingerprint density at radius 1 is 1.18 bits per heavy atom. The van der Waals surface area contributed by atoms with Gasteiger partial charge >= 0.3 is 6.18 Å². The Morgan fingerprint density at radius 2 is 1.82 bits per heavy atom. The van der Waals surface area contributed by atoms with Gasteiger partial charge in [-0.05, 0) is 56.3 Å². The van der Waals surface area contributed by atoms with Gasteiger partial charge in [0.15, 0.2) is 0 Å². The molecule has 8 nitrogen and oxygen atoms in total. The van der Waals surface area contributed by atoms with Crippen molar-refractivity contribution in [2.45, 2.75) is 24.9 Å². The van der Waals surface area contributed by atoms with Crippen molar-refractivity contribution in [3.8, 4) is 5.75 Å². The number of aromatic nitrogens is 2. The number of nitrogens with one attached hydrogen (secondary N) is 2. The molecule has 0 saturated carbocycles. The van der Waals surface area contributed by atoms with Gasteiger partial charge in [-0.3, -0.25) is 14.2 Å². The SMILES string of the molecule is COc1ccc(N(CC(=O)Nc2ccc(Cl)c(C(F)(F)F)c2)S(=O)(=O)c2c(C)n[nH]c2C)cc1. The fourth-order valence-electron chi connectivity index (χ4n) is 3.25. The van der Waals surface area contributed by atoms with Gasteiger partial charge in [0.25, 0.3) is 10.0 Å². The predicted molar refractivity (Wildman–Crippen MR) is 121 cm³/mol. The molecular weight excluding hydrogens is 497 g/mol. The van der Waals surface area contributed by atoms with E-state index in [1.165, 1.54) is 51.3 Å². The number of aryl methyl sites for hydroxylation is 2. The summed E-state index contributed by atoms with van der Waals surface area (Å²) in [5, 5.41) is 8.26. The van der Waals surface area contributed by atoms with Crippen LogP contribution in [-0.2, 0) is 21.0 Å². The molecular formula is C21H20ClF3N4O4S. The number of hydrogen-bond acceptors (Lipinski definition) is 5. The molecule has 3 aromatic rings. The van der Waals surface area contributed by atoms with Crippen LogP contribution in [0.4, 0.5) is 24.5 Å². The van der Waals surface area contributed by atoms with E-state index in [4.69, 9.17) is 16.3 Å². The summed E-state index contributed by atoms with van der Waals surface area (Å²) in [6, 6.07) is 8.77. The van der Waals surface area contributed by atoms with Crippen molar-refractivity contribution < 1.29 is 31.1 Å². The summed E-state index contributed by atoms with van der Waals surface area (Å²) in [5.41, 5.74) is -0.711. The molecule has 34 heavy (non-hydrogen) atoms. The maximum Gasteiger partial charge on any atom is 0.417 e. The van der Waals surface area contributed by atoms with E-state index in [9.17, 15) is 26.4 Å². The zero-order valence-electron chi connectivity index (χ0n) is 18.2. The maximum absolute atomic E-state index is 13.5. The van der Waals surface area contributed by atoms with E-state index < -0.39 is 39.2 Å². The van der Waals surface area contributed by atoms with Crippen molar-refractivity contribution in [2.24, 2.45) is 0 Å². The highest BCUT2D eigenvalue weighted by molar-refractivity contribution is 7.93. The molecule has 0 saturated heterocycles. The van der Waals surface area contributed by atoms with Crippen LogP contribution in [0.2, 0.25) is 5.02 Å². The van der Waals surface area contributed by atoms with Crippen LogP contribution in [0.1, 0.15) is 17.0 Å². The largest absolute Gasteiger partial charge is 0.497 e. The molecule has 13 heteroatoms. The van der Waals surface area contributed by atoms with Crippen molar-refractivity contribution in [3.63, 3.8) is 0 Å². The van der Waals surface area contributed by atoms with Crippen LogP contribution in [-0.4, -0.2) is 38.2 Å². The number of anilines is 2. The molecule has 0 fully saturated rings. The monoisotopic (exact) mass is 516 g/mol. The number of aromatic amines is 1. The van der Waals surface area contributed by atoms with Gasteiger partial charge in [-0.15, -0.1) is 0 Å². The van der Waals surface area contributed by atoms with Crippen molar-refractivity contribution >= 4 is 38.9 Å². The van der Waals surface area contributed by atoms with Gasteiger partial charge in [-0.25, -0.2) is 8.42 Å². The van der Waals surface area contributed by atoms with E-state index in [0.29, 0.717) is 11.8 Å². The maximum atomic E-state index is 13.5. The lowest BCUT2D eigenvalue weighted by Crippen LogP contribution is -2.38. The van der Waals surface area contributed by atoms with E-state index in [1.807, 2.05) is 0 Å². The molecule has 1 heterocycles. The fourth-order valence-corrected chi connectivity index (χ4v) is 5.23. The lowest BCUT2D eigenvalue weighted by molar-refractivity contribution is -0.137. The van der Waals surface area contributed by atoms with E-state index >= 15 is 0 Å². The smallest absolute Gasteiger partial charge is 0.417 e. The van der Waals surface area contributed by atoms with Crippen LogP contribution in [0.5, 0.6) is 5.75 Å². The third kappa shape index (κ3) is 5.28. The number of carbonyl (C=O) groups excluding carboxylic acids is 1. The first-order valence-electron chi connectivity index (χ1n) is 9.69. The molecule has 0 spiro atoms. The first-order valence-corrected chi connectivity index (χ1v) is 11.5. The Kier molecular flexibility index (Phi) is 7.13. The van der Waals surface area contributed by atoms with Crippen molar-refractivity contribution in [3.05, 3.63) is 64.4 Å². The van der Waals surface area contributed by atoms with E-state index in [0.717, 1.165) is 10.4 Å². The van der Waals surface area contributed by atoms with Gasteiger partial charge in [0.1, 0.15) is 17.2 Å². The molecule has 3 rings (SSSR count). The second-order valence-corrected chi connectivity index (χ2v) is 9.42. The van der Waals surface area contributed by atoms with Crippen molar-refractivity contribution in [2.75, 3.05) is 23.3 Å². The highest BCUT2D eigenvalue weighted by atomic mass is 35.5. The number of rotatable bonds is 7. The Morgan fingerprint density at radius 3 is 2.35 bits per heavy atom. The minimum atomic E-state index is -4.73. The average Bonchev–Trinajstić information content (AvgIpc) is 3.11. The summed E-state index contributed by atoms with van der Waals surface area (Å²) >= 11 is 5.61. The Labute approximate surface area is 198 Å². The molecule has 2 N–H and O–H groups in total. The molecule has 2 aromatic carbocycles. The van der Waals surface area contributed by atoms with Crippen molar-refractivity contribution in [1.82, 2.24) is 10.2 Å². The zero-order valence-corrected chi connectivity index (χ0v) is 19.8. The number of carbonyl (C=O) groups is 1. The molecule has 0 aliphatic carbocycles. The first-order chi connectivity index (χ1) is 15.8. The summed E-state index contributed by atoms with van der Waals surface area (Å²) < 4.78 is 72.4. The number of nitrogens with zero attached hydrogens (tertiary/aromatic N) is 2. The van der Waals surface area contributed by atoms with Gasteiger partial charge in [0, 0.05) is 5.69 Å². The highest BCUT2D eigenvalue weighted by Crippen LogP contribution is 2.36. The summed E-state index contributed by atoms with van der Waals surface area (Å²) in [6.45, 7) is 2.29. The van der Waals surface area contributed by atoms with E-state index in [1.54, 1.807) is 0 Å². The molecule has 0 atom stereocenters. The predicted octanol–water partition coefficient (Wildman–Crippen LogP) is 4.54. The van der Waals surface area contributed by atoms with E-state index in [-0.39, 0.29) is 27.7 Å². The van der Waals surface area contributed by atoms with Gasteiger partial charge < -0.3 is 10.1 Å². The Balaban J connectivity index is 1.97. The quantitative estimate of drug-likeness (QED) is 0.480. The number of sulfonamides is 1. The molecule has 1 amide bonds. The Hall–Kier alpha value is -3.25. The number of H-pyrrole nitrogens is 1. The third-order valence-electron chi connectivity index (χ3n) is 4.81. The number of alkyl halides is 3. The summed E-state index contributed by atoms with van der Waals surface area (Å²) in [6.07, 6.45) is -4.73. The van der Waals surface area contributed by atoms with Crippen molar-refractivity contribution in [1.29, 1.82) is 0 Å². The number of ether oxygens (including phenoxy) is 1. The van der Waals surface area contributed by atoms with Crippen LogP contribution in [0.25, 0.3) is 0 Å². The van der Waals surface area contributed by atoms with Crippen LogP contribution in [0.3, 0.4) is 0 Å². The van der Waals surface area contributed by atoms with Gasteiger partial charge in [0.05, 0.1) is 34.8 Å². The first kappa shape index (κ1) is 25.4. The van der Waals surface area contributed by atoms with Gasteiger partial charge in [-0.2, -0.15) is 18.3 Å². The molecule has 0 unspecified atom stereocenters. The van der Waals surface area contributed by atoms with Crippen LogP contribution in [0, 0.1) is 13.8 Å². The second kappa shape index (κ2) is 9.55. The number of benzene rings is 2. The van der Waals surface area contributed by atoms with Crippen LogP contribution in [0.15, 0.2) is 47.4 Å². The minimum absolute atomic E-state index is 0.109. The summed E-state index contributed by atoms with van der Waals surface area (Å²) in [7, 11) is -2.84. The molecule has 182 valence electrons. The lowest BCUT2D eigenvalue weighted by atomic mass is 10.2.